The topological polar surface area (TPSA) is 0 Å². The van der Waals surface area contributed by atoms with Crippen LogP contribution in [0.5, 0.6) is 0 Å². The zero-order valence-electron chi connectivity index (χ0n) is 28.2. The van der Waals surface area contributed by atoms with Crippen molar-refractivity contribution in [3.8, 4) is 0 Å². The quantitative estimate of drug-likeness (QED) is 0.106. The summed E-state index contributed by atoms with van der Waals surface area (Å²) in [6.45, 7) is 22.4. The molecule has 0 saturated heterocycles. The van der Waals surface area contributed by atoms with Gasteiger partial charge in [0.1, 0.15) is 0 Å². The Labute approximate surface area is 251 Å². The van der Waals surface area contributed by atoms with Crippen molar-refractivity contribution >= 4 is 0 Å². The fourth-order valence-corrected chi connectivity index (χ4v) is 4.34. The van der Waals surface area contributed by atoms with Crippen LogP contribution in [0.4, 0.5) is 0 Å². The molecule has 0 bridgehead atoms. The molecule has 0 rings (SSSR count). The molecule has 0 aromatic heterocycles. The van der Waals surface area contributed by atoms with Crippen molar-refractivity contribution < 1.29 is 0 Å². The predicted octanol–water partition coefficient (Wildman–Crippen LogP) is 13.7. The van der Waals surface area contributed by atoms with E-state index in [0.717, 1.165) is 38.0 Å². The van der Waals surface area contributed by atoms with Gasteiger partial charge in [-0.15, -0.1) is 0 Å². The molecule has 0 unspecified atom stereocenters. The Balaban J connectivity index is 4.36. The second-order valence-electron chi connectivity index (χ2n) is 12.6. The van der Waals surface area contributed by atoms with Crippen molar-refractivity contribution in [1.29, 1.82) is 0 Å². The van der Waals surface area contributed by atoms with Crippen LogP contribution >= 0.6 is 0 Å². The van der Waals surface area contributed by atoms with Crippen LogP contribution in [0.1, 0.15) is 140 Å². The number of allylic oxidation sites excluding steroid dienone is 18. The van der Waals surface area contributed by atoms with Crippen molar-refractivity contribution in [1.82, 2.24) is 0 Å². The molecular weight excluding hydrogens is 480 g/mol. The summed E-state index contributed by atoms with van der Waals surface area (Å²) < 4.78 is 0. The van der Waals surface area contributed by atoms with Gasteiger partial charge in [0.05, 0.1) is 0 Å². The molecule has 0 aromatic carbocycles. The van der Waals surface area contributed by atoms with Crippen LogP contribution in [0.2, 0.25) is 0 Å². The van der Waals surface area contributed by atoms with Crippen LogP contribution in [0.25, 0.3) is 0 Å². The first kappa shape index (κ1) is 37.7. The van der Waals surface area contributed by atoms with Gasteiger partial charge in [-0.05, 0) is 126 Å². The van der Waals surface area contributed by atoms with Gasteiger partial charge in [-0.1, -0.05) is 126 Å². The Morgan fingerprint density at radius 3 is 1.40 bits per heavy atom. The maximum Gasteiger partial charge on any atom is -0.0285 e. The highest BCUT2D eigenvalue weighted by atomic mass is 14.0. The van der Waals surface area contributed by atoms with Crippen molar-refractivity contribution in [2.24, 2.45) is 5.92 Å². The van der Waals surface area contributed by atoms with Crippen LogP contribution < -0.4 is 0 Å². The van der Waals surface area contributed by atoms with Crippen LogP contribution in [-0.4, -0.2) is 0 Å². The zero-order chi connectivity index (χ0) is 30.2. The van der Waals surface area contributed by atoms with Gasteiger partial charge in [-0.25, -0.2) is 0 Å². The van der Waals surface area contributed by atoms with Gasteiger partial charge < -0.3 is 0 Å². The second kappa shape index (κ2) is 24.5. The van der Waals surface area contributed by atoms with Gasteiger partial charge in [0.2, 0.25) is 0 Å². The molecule has 0 aliphatic rings. The Morgan fingerprint density at radius 2 is 0.900 bits per heavy atom. The summed E-state index contributed by atoms with van der Waals surface area (Å²) in [5.74, 6) is 0.820. The third-order valence-corrected chi connectivity index (χ3v) is 7.13. The average molecular weight is 545 g/mol. The SMILES string of the molecule is CC(C)=CCC/C(C)=C/CC/C(C)=C/C=C/C(C)=C/C=C\C=C(/C)CC/C=C(\C)CC/C=C(\C)CCCC(C)C. The summed E-state index contributed by atoms with van der Waals surface area (Å²) in [6, 6.07) is 0. The third-order valence-electron chi connectivity index (χ3n) is 7.13. The minimum Gasteiger partial charge on any atom is -0.0856 e. The smallest absolute Gasteiger partial charge is 0.0285 e. The fourth-order valence-electron chi connectivity index (χ4n) is 4.34. The molecule has 0 aliphatic heterocycles. The summed E-state index contributed by atoms with van der Waals surface area (Å²) >= 11 is 0. The maximum absolute atomic E-state index is 2.45. The fraction of sp³-hybridized carbons (Fsp3) is 0.550. The summed E-state index contributed by atoms with van der Waals surface area (Å²) in [5, 5.41) is 0. The highest BCUT2D eigenvalue weighted by molar-refractivity contribution is 5.27. The first-order valence-corrected chi connectivity index (χ1v) is 15.9. The zero-order valence-corrected chi connectivity index (χ0v) is 28.2. The highest BCUT2D eigenvalue weighted by Crippen LogP contribution is 2.15. The molecular formula is C40H64. The second-order valence-corrected chi connectivity index (χ2v) is 12.6. The van der Waals surface area contributed by atoms with E-state index in [1.165, 1.54) is 72.0 Å². The van der Waals surface area contributed by atoms with Crippen LogP contribution in [-0.2, 0) is 0 Å². The van der Waals surface area contributed by atoms with Gasteiger partial charge in [0.15, 0.2) is 0 Å². The molecule has 0 amide bonds. The Morgan fingerprint density at radius 1 is 0.475 bits per heavy atom. The van der Waals surface area contributed by atoms with Gasteiger partial charge in [-0.3, -0.25) is 0 Å². The van der Waals surface area contributed by atoms with Gasteiger partial charge >= 0.3 is 0 Å². The average Bonchev–Trinajstić information content (AvgIpc) is 2.86. The molecule has 40 heavy (non-hydrogen) atoms. The molecule has 0 aromatic rings. The van der Waals surface area contributed by atoms with Gasteiger partial charge in [-0.2, -0.15) is 0 Å². The molecule has 0 atom stereocenters. The van der Waals surface area contributed by atoms with E-state index in [0.29, 0.717) is 0 Å². The Hall–Kier alpha value is -2.34. The predicted molar refractivity (Wildman–Crippen MR) is 186 cm³/mol. The summed E-state index contributed by atoms with van der Waals surface area (Å²) in [7, 11) is 0. The highest BCUT2D eigenvalue weighted by Gasteiger charge is 1.96. The molecule has 0 aliphatic carbocycles. The molecule has 0 spiro atoms. The number of rotatable bonds is 20. The first-order chi connectivity index (χ1) is 19.0. The van der Waals surface area contributed by atoms with E-state index in [9.17, 15) is 0 Å². The van der Waals surface area contributed by atoms with E-state index in [1.807, 2.05) is 0 Å². The van der Waals surface area contributed by atoms with E-state index < -0.39 is 0 Å². The lowest BCUT2D eigenvalue weighted by Crippen LogP contribution is -1.88. The molecule has 0 N–H and O–H groups in total. The summed E-state index contributed by atoms with van der Waals surface area (Å²) in [6.07, 6.45) is 38.1. The molecule has 0 saturated carbocycles. The standard InChI is InChI=1S/C40H64/c1-33(2)19-13-23-37(7)27-17-31-39(9)29-15-25-35(5)21-11-12-22-36(6)26-16-30-40(10)32-18-28-38(8)24-14-20-34(3)4/h11-12,15,19,21-22,25,27-30,34H,13-14,16-18,20,23-24,26,31-32H2,1-10H3/b12-11-,25-15+,35-21+,36-22+,37-27+,38-28+,39-29+,40-30+. The Kier molecular flexibility index (Phi) is 23.0. The van der Waals surface area contributed by atoms with Crippen LogP contribution in [0.3, 0.4) is 0 Å². The lowest BCUT2D eigenvalue weighted by molar-refractivity contribution is 0.554. The molecule has 0 nitrogen and oxygen atoms in total. The van der Waals surface area contributed by atoms with E-state index in [2.05, 4.69) is 136 Å². The normalized spacial score (nSPS) is 14.8. The van der Waals surface area contributed by atoms with Crippen molar-refractivity contribution in [2.45, 2.75) is 140 Å². The lowest BCUT2D eigenvalue weighted by atomic mass is 10.0. The van der Waals surface area contributed by atoms with Gasteiger partial charge in [0.25, 0.3) is 0 Å². The molecule has 0 heteroatoms. The molecule has 0 heterocycles. The van der Waals surface area contributed by atoms with Crippen LogP contribution in [0.15, 0.2) is 106 Å². The monoisotopic (exact) mass is 545 g/mol. The third kappa shape index (κ3) is 25.9. The van der Waals surface area contributed by atoms with E-state index >= 15 is 0 Å². The van der Waals surface area contributed by atoms with E-state index in [1.54, 1.807) is 5.57 Å². The molecule has 0 fully saturated rings. The minimum absolute atomic E-state index is 0.820. The molecule has 224 valence electrons. The first-order valence-electron chi connectivity index (χ1n) is 15.9. The summed E-state index contributed by atoms with van der Waals surface area (Å²) in [4.78, 5) is 0. The lowest BCUT2D eigenvalue weighted by Gasteiger charge is -2.05. The van der Waals surface area contributed by atoms with Crippen LogP contribution in [0, 0.1) is 5.92 Å². The van der Waals surface area contributed by atoms with E-state index in [-0.39, 0.29) is 0 Å². The number of hydrogen-bond acceptors (Lipinski definition) is 0. The van der Waals surface area contributed by atoms with Gasteiger partial charge in [0, 0.05) is 0 Å². The molecule has 0 radical (unpaired) electrons. The Bertz CT molecular complexity index is 956. The minimum atomic E-state index is 0.820. The number of hydrogen-bond donors (Lipinski definition) is 0. The van der Waals surface area contributed by atoms with Crippen molar-refractivity contribution in [3.05, 3.63) is 106 Å². The maximum atomic E-state index is 2.45. The van der Waals surface area contributed by atoms with Crippen molar-refractivity contribution in [2.75, 3.05) is 0 Å². The van der Waals surface area contributed by atoms with Crippen molar-refractivity contribution in [3.63, 3.8) is 0 Å². The summed E-state index contributed by atoms with van der Waals surface area (Å²) in [5.41, 5.74) is 10.1. The largest absolute Gasteiger partial charge is 0.0856 e. The van der Waals surface area contributed by atoms with E-state index in [4.69, 9.17) is 0 Å².